The van der Waals surface area contributed by atoms with E-state index >= 15 is 0 Å². The van der Waals surface area contributed by atoms with Crippen LogP contribution in [0.25, 0.3) is 60.9 Å². The molecule has 6 aromatic rings. The molecular weight excluding hydrogens is 560 g/mol. The molecule has 0 unspecified atom stereocenters. The summed E-state index contributed by atoms with van der Waals surface area (Å²) in [6, 6.07) is 40.1. The Bertz CT molecular complexity index is 2090. The van der Waals surface area contributed by atoms with Crippen molar-refractivity contribution in [2.45, 2.75) is 43.9 Å². The van der Waals surface area contributed by atoms with Gasteiger partial charge in [0.2, 0.25) is 0 Å². The van der Waals surface area contributed by atoms with E-state index in [9.17, 15) is 0 Å². The number of aromatic nitrogens is 3. The monoisotopic (exact) mass is 594 g/mol. The van der Waals surface area contributed by atoms with Crippen LogP contribution in [0, 0.1) is 24.3 Å². The van der Waals surface area contributed by atoms with Gasteiger partial charge in [-0.15, -0.1) is 0 Å². The molecule has 222 valence electrons. The fourth-order valence-electron chi connectivity index (χ4n) is 9.25. The summed E-state index contributed by atoms with van der Waals surface area (Å²) in [5.41, 5.74) is 7.80. The second-order valence-electron chi connectivity index (χ2n) is 13.8. The van der Waals surface area contributed by atoms with Gasteiger partial charge in [0.1, 0.15) is 0 Å². The maximum absolute atomic E-state index is 7.34. The van der Waals surface area contributed by atoms with Crippen LogP contribution < -0.4 is 0 Å². The molecule has 4 saturated carbocycles. The summed E-state index contributed by atoms with van der Waals surface area (Å²) < 4.78 is 0. The summed E-state index contributed by atoms with van der Waals surface area (Å²) in [7, 11) is 0. The number of rotatable bonds is 5. The molecule has 0 amide bonds. The molecule has 1 heterocycles. The highest BCUT2D eigenvalue weighted by molar-refractivity contribution is 6.03. The second kappa shape index (κ2) is 10.7. The van der Waals surface area contributed by atoms with Gasteiger partial charge < -0.3 is 0 Å². The summed E-state index contributed by atoms with van der Waals surface area (Å²) >= 11 is 0. The van der Waals surface area contributed by atoms with Gasteiger partial charge >= 0.3 is 0 Å². The van der Waals surface area contributed by atoms with Gasteiger partial charge in [-0.05, 0) is 89.2 Å². The zero-order valence-corrected chi connectivity index (χ0v) is 25.7. The van der Waals surface area contributed by atoms with Crippen molar-refractivity contribution in [3.8, 4) is 45.3 Å². The first kappa shape index (κ1) is 27.2. The van der Waals surface area contributed by atoms with E-state index in [0.29, 0.717) is 28.6 Å². The van der Waals surface area contributed by atoms with Crippen molar-refractivity contribution in [2.24, 2.45) is 17.8 Å². The normalized spacial score (nSPS) is 23.0. The molecule has 10 rings (SSSR count). The molecular formula is C42H34N4. The van der Waals surface area contributed by atoms with Crippen LogP contribution in [0.1, 0.15) is 44.1 Å². The Kier molecular flexibility index (Phi) is 6.35. The average molecular weight is 595 g/mol. The molecule has 4 aliphatic rings. The van der Waals surface area contributed by atoms with E-state index in [0.717, 1.165) is 39.8 Å². The van der Waals surface area contributed by atoms with E-state index in [1.807, 2.05) is 54.6 Å². The first-order valence-corrected chi connectivity index (χ1v) is 16.6. The Labute approximate surface area is 270 Å². The molecule has 5 aromatic carbocycles. The van der Waals surface area contributed by atoms with Crippen LogP contribution in [-0.2, 0) is 5.41 Å². The average Bonchev–Trinajstić information content (AvgIpc) is 3.11. The molecule has 1 aromatic heterocycles. The van der Waals surface area contributed by atoms with Crippen molar-refractivity contribution in [3.63, 3.8) is 0 Å². The Morgan fingerprint density at radius 2 is 1.02 bits per heavy atom. The van der Waals surface area contributed by atoms with Crippen molar-refractivity contribution in [3.05, 3.63) is 132 Å². The number of hydrogen-bond acceptors (Lipinski definition) is 3. The number of hydrogen-bond donors (Lipinski definition) is 0. The fourth-order valence-corrected chi connectivity index (χ4v) is 9.25. The van der Waals surface area contributed by atoms with E-state index in [1.54, 1.807) is 5.56 Å². The van der Waals surface area contributed by atoms with Crippen LogP contribution >= 0.6 is 0 Å². The molecule has 4 nitrogen and oxygen atoms in total. The quantitative estimate of drug-likeness (QED) is 0.187. The van der Waals surface area contributed by atoms with Gasteiger partial charge in [-0.1, -0.05) is 115 Å². The highest BCUT2D eigenvalue weighted by Crippen LogP contribution is 2.60. The molecule has 0 N–H and O–H groups in total. The smallest absolute Gasteiger partial charge is 0.187 e. The van der Waals surface area contributed by atoms with Gasteiger partial charge in [-0.3, -0.25) is 0 Å². The van der Waals surface area contributed by atoms with E-state index in [1.165, 1.54) is 55.0 Å². The minimum Gasteiger partial charge on any atom is -0.238 e. The lowest BCUT2D eigenvalue weighted by Gasteiger charge is -2.57. The first-order valence-electron chi connectivity index (χ1n) is 16.6. The van der Waals surface area contributed by atoms with Crippen LogP contribution in [0.4, 0.5) is 5.69 Å². The fraction of sp³-hybridized carbons (Fsp3) is 0.238. The van der Waals surface area contributed by atoms with Crippen LogP contribution in [0.3, 0.4) is 0 Å². The molecule has 0 radical (unpaired) electrons. The minimum absolute atomic E-state index is 0.405. The summed E-state index contributed by atoms with van der Waals surface area (Å²) in [4.78, 5) is 18.4. The molecule has 46 heavy (non-hydrogen) atoms. The van der Waals surface area contributed by atoms with Gasteiger partial charge in [0.15, 0.2) is 23.2 Å². The van der Waals surface area contributed by atoms with E-state index in [-0.39, 0.29) is 0 Å². The third-order valence-electron chi connectivity index (χ3n) is 10.9. The van der Waals surface area contributed by atoms with Crippen LogP contribution in [-0.4, -0.2) is 15.0 Å². The predicted octanol–water partition coefficient (Wildman–Crippen LogP) is 10.7. The zero-order valence-electron chi connectivity index (χ0n) is 25.7. The van der Waals surface area contributed by atoms with E-state index < -0.39 is 0 Å². The van der Waals surface area contributed by atoms with Crippen molar-refractivity contribution >= 4 is 16.5 Å². The van der Waals surface area contributed by atoms with Crippen molar-refractivity contribution in [2.75, 3.05) is 0 Å². The molecule has 0 atom stereocenters. The summed E-state index contributed by atoms with van der Waals surface area (Å²) in [6.07, 6.45) is 8.58. The van der Waals surface area contributed by atoms with Gasteiger partial charge in [0.05, 0.1) is 6.57 Å². The summed E-state index contributed by atoms with van der Waals surface area (Å²) in [6.45, 7) is 7.34. The number of nitrogens with zero attached hydrogens (tertiary/aromatic N) is 4. The number of fused-ring (bicyclic) bond motifs is 1. The first-order chi connectivity index (χ1) is 22.6. The van der Waals surface area contributed by atoms with Gasteiger partial charge in [-0.25, -0.2) is 19.8 Å². The molecule has 0 aliphatic heterocycles. The molecule has 4 fully saturated rings. The van der Waals surface area contributed by atoms with Crippen molar-refractivity contribution in [1.82, 2.24) is 15.0 Å². The third-order valence-corrected chi connectivity index (χ3v) is 10.9. The summed E-state index contributed by atoms with van der Waals surface area (Å²) in [5.74, 6) is 4.69. The van der Waals surface area contributed by atoms with Crippen LogP contribution in [0.5, 0.6) is 0 Å². The molecule has 4 heteroatoms. The maximum atomic E-state index is 7.34. The van der Waals surface area contributed by atoms with Crippen molar-refractivity contribution in [1.29, 1.82) is 0 Å². The van der Waals surface area contributed by atoms with Gasteiger partial charge in [-0.2, -0.15) is 0 Å². The lowest BCUT2D eigenvalue weighted by molar-refractivity contribution is -0.00518. The molecule has 4 aliphatic carbocycles. The van der Waals surface area contributed by atoms with Gasteiger partial charge in [0, 0.05) is 16.7 Å². The van der Waals surface area contributed by atoms with Crippen LogP contribution in [0.15, 0.2) is 115 Å². The van der Waals surface area contributed by atoms with Crippen LogP contribution in [0.2, 0.25) is 0 Å². The Morgan fingerprint density at radius 3 is 1.63 bits per heavy atom. The lowest BCUT2D eigenvalue weighted by atomic mass is 9.48. The zero-order chi connectivity index (χ0) is 30.7. The lowest BCUT2D eigenvalue weighted by Crippen LogP contribution is -2.48. The number of benzene rings is 5. The van der Waals surface area contributed by atoms with E-state index in [4.69, 9.17) is 21.5 Å². The van der Waals surface area contributed by atoms with Gasteiger partial charge in [0.25, 0.3) is 0 Å². The molecule has 0 spiro atoms. The standard InChI is InChI=1S/C42H34N4/c1-43-34-19-15-32(16-20-34)40-44-39(31-7-3-2-4-8-31)45-41(46-40)38-12-6-10-36-35(9-5-11-37(36)38)30-13-17-33(18-14-30)42-24-27-21-28(25-42)23-29(22-27)26-42/h2-20,27-29H,21-26H2. The third kappa shape index (κ3) is 4.62. The predicted molar refractivity (Wildman–Crippen MR) is 185 cm³/mol. The minimum atomic E-state index is 0.405. The highest BCUT2D eigenvalue weighted by Gasteiger charge is 2.51. The maximum Gasteiger partial charge on any atom is 0.187 e. The topological polar surface area (TPSA) is 43.0 Å². The molecule has 0 saturated heterocycles. The Hall–Kier alpha value is -5.14. The Balaban J connectivity index is 1.13. The molecule has 4 bridgehead atoms. The highest BCUT2D eigenvalue weighted by atomic mass is 15.0. The second-order valence-corrected chi connectivity index (χ2v) is 13.8. The summed E-state index contributed by atoms with van der Waals surface area (Å²) in [5, 5.41) is 2.30. The van der Waals surface area contributed by atoms with E-state index in [2.05, 4.69) is 65.5 Å². The Morgan fingerprint density at radius 1 is 0.500 bits per heavy atom. The van der Waals surface area contributed by atoms with Crippen molar-refractivity contribution < 1.29 is 0 Å². The SMILES string of the molecule is [C-]#[N+]c1ccc(-c2nc(-c3ccccc3)nc(-c3cccc4c(-c5ccc(C67CC8CC(CC(C8)C6)C7)cc5)cccc34)n2)cc1. The largest absolute Gasteiger partial charge is 0.238 e.